The van der Waals surface area contributed by atoms with E-state index >= 15 is 0 Å². The summed E-state index contributed by atoms with van der Waals surface area (Å²) in [5.74, 6) is 0.734. The molecule has 10 heteroatoms. The molecule has 0 unspecified atom stereocenters. The second-order valence-corrected chi connectivity index (χ2v) is 12.5. The second kappa shape index (κ2) is 14.5. The Labute approximate surface area is 272 Å². The Morgan fingerprint density at radius 3 is 2.65 bits per heavy atom. The highest BCUT2D eigenvalue weighted by Crippen LogP contribution is 2.36. The van der Waals surface area contributed by atoms with Crippen molar-refractivity contribution >= 4 is 28.2 Å². The van der Waals surface area contributed by atoms with Crippen molar-refractivity contribution in [2.75, 3.05) is 75.9 Å². The molecule has 3 aliphatic rings. The number of aromatic nitrogens is 2. The maximum atomic E-state index is 12.6. The topological polar surface area (TPSA) is 78.6 Å². The SMILES string of the molecule is [C-]#[N+]C[C@H]1CN(c2nc(OCCN(CCOC)C3CCC3)nc3c2CCN(c2cccc4cccc(C)c24)C3)CCN1C(=O)C=C. The first-order chi connectivity index (χ1) is 22.5. The molecule has 2 aromatic carbocycles. The first kappa shape index (κ1) is 31.8. The summed E-state index contributed by atoms with van der Waals surface area (Å²) >= 11 is 0. The molecule has 2 fully saturated rings. The molecule has 0 N–H and O–H groups in total. The third-order valence-electron chi connectivity index (χ3n) is 9.78. The second-order valence-electron chi connectivity index (χ2n) is 12.5. The predicted octanol–water partition coefficient (Wildman–Crippen LogP) is 4.50. The highest BCUT2D eigenvalue weighted by Gasteiger charge is 2.35. The Morgan fingerprint density at radius 1 is 1.11 bits per heavy atom. The first-order valence-corrected chi connectivity index (χ1v) is 16.5. The van der Waals surface area contributed by atoms with Gasteiger partial charge in [0.05, 0.1) is 18.8 Å². The van der Waals surface area contributed by atoms with Gasteiger partial charge in [-0.05, 0) is 49.3 Å². The number of piperazine rings is 1. The predicted molar refractivity (Wildman–Crippen MR) is 181 cm³/mol. The van der Waals surface area contributed by atoms with Crippen LogP contribution in [0, 0.1) is 13.5 Å². The van der Waals surface area contributed by atoms with Crippen molar-refractivity contribution < 1.29 is 14.3 Å². The van der Waals surface area contributed by atoms with Crippen LogP contribution in [0.4, 0.5) is 11.5 Å². The van der Waals surface area contributed by atoms with Crippen LogP contribution >= 0.6 is 0 Å². The number of rotatable bonds is 12. The minimum absolute atomic E-state index is 0.132. The van der Waals surface area contributed by atoms with E-state index in [1.54, 1.807) is 12.0 Å². The normalized spacial score (nSPS) is 18.3. The van der Waals surface area contributed by atoms with Crippen LogP contribution in [-0.4, -0.2) is 104 Å². The smallest absolute Gasteiger partial charge is 0.318 e. The van der Waals surface area contributed by atoms with Gasteiger partial charge in [-0.1, -0.05) is 43.3 Å². The van der Waals surface area contributed by atoms with Crippen molar-refractivity contribution in [2.45, 2.75) is 51.2 Å². The molecule has 1 atom stereocenters. The lowest BCUT2D eigenvalue weighted by Gasteiger charge is -2.41. The quantitative estimate of drug-likeness (QED) is 0.216. The molecule has 0 bridgehead atoms. The van der Waals surface area contributed by atoms with E-state index in [-0.39, 0.29) is 18.5 Å². The van der Waals surface area contributed by atoms with Crippen molar-refractivity contribution in [2.24, 2.45) is 0 Å². The third kappa shape index (κ3) is 6.67. The molecule has 242 valence electrons. The average molecular weight is 624 g/mol. The van der Waals surface area contributed by atoms with Gasteiger partial charge in [-0.25, -0.2) is 6.57 Å². The molecular formula is C36H45N7O3. The molecule has 1 saturated heterocycles. The van der Waals surface area contributed by atoms with Crippen LogP contribution in [-0.2, 0) is 22.5 Å². The van der Waals surface area contributed by atoms with Crippen molar-refractivity contribution in [3.05, 3.63) is 77.3 Å². The zero-order valence-corrected chi connectivity index (χ0v) is 27.2. The van der Waals surface area contributed by atoms with Gasteiger partial charge in [0.1, 0.15) is 18.5 Å². The lowest BCUT2D eigenvalue weighted by Crippen LogP contribution is -2.56. The van der Waals surface area contributed by atoms with Gasteiger partial charge in [0.2, 0.25) is 12.5 Å². The number of benzene rings is 2. The van der Waals surface area contributed by atoms with Gasteiger partial charge in [-0.3, -0.25) is 9.69 Å². The van der Waals surface area contributed by atoms with E-state index in [9.17, 15) is 4.79 Å². The fraction of sp³-hybridized carbons (Fsp3) is 0.500. The van der Waals surface area contributed by atoms with E-state index in [2.05, 4.69) is 69.4 Å². The molecule has 1 amide bonds. The Kier molecular flexibility index (Phi) is 10.0. The van der Waals surface area contributed by atoms with Crippen LogP contribution in [0.5, 0.6) is 6.01 Å². The number of methoxy groups -OCH3 is 1. The Bertz CT molecular complexity index is 1600. The first-order valence-electron chi connectivity index (χ1n) is 16.5. The summed E-state index contributed by atoms with van der Waals surface area (Å²) in [6, 6.07) is 13.7. The standard InChI is InChI=1S/C36H45N7O3/c1-5-33(44)43-18-17-42(24-29(43)23-37-3)35-30-15-16-41(32-14-7-11-27-10-6-9-26(2)34(27)32)25-31(30)38-36(39-35)46-22-20-40(19-21-45-4)28-12-8-13-28/h5-7,9-11,14,28-29H,1,8,12-13,15-25H2,2,4H3/t29-/m0/s1. The fourth-order valence-electron chi connectivity index (χ4n) is 7.10. The van der Waals surface area contributed by atoms with Crippen LogP contribution in [0.25, 0.3) is 15.6 Å². The molecule has 1 aliphatic carbocycles. The zero-order chi connectivity index (χ0) is 32.0. The number of hydrogen-bond donors (Lipinski definition) is 0. The Balaban J connectivity index is 1.29. The van der Waals surface area contributed by atoms with Gasteiger partial charge < -0.3 is 29.0 Å². The number of nitrogens with zero attached hydrogens (tertiary/aromatic N) is 7. The number of fused-ring (bicyclic) bond motifs is 2. The van der Waals surface area contributed by atoms with Gasteiger partial charge >= 0.3 is 6.01 Å². The van der Waals surface area contributed by atoms with E-state index in [1.807, 2.05) is 0 Å². The number of anilines is 2. The summed E-state index contributed by atoms with van der Waals surface area (Å²) in [4.78, 5) is 35.2. The van der Waals surface area contributed by atoms with Crippen molar-refractivity contribution in [1.82, 2.24) is 19.8 Å². The minimum atomic E-state index is -0.234. The van der Waals surface area contributed by atoms with E-state index < -0.39 is 0 Å². The Morgan fingerprint density at radius 2 is 1.91 bits per heavy atom. The number of ether oxygens (including phenoxy) is 2. The molecule has 0 radical (unpaired) electrons. The Hall–Kier alpha value is -4.20. The monoisotopic (exact) mass is 623 g/mol. The van der Waals surface area contributed by atoms with Gasteiger partial charge in [0.15, 0.2) is 0 Å². The highest BCUT2D eigenvalue weighted by molar-refractivity contribution is 5.97. The molecule has 3 heterocycles. The minimum Gasteiger partial charge on any atom is -0.462 e. The molecule has 46 heavy (non-hydrogen) atoms. The molecule has 1 aromatic heterocycles. The van der Waals surface area contributed by atoms with Gasteiger partial charge in [0, 0.05) is 69.1 Å². The summed E-state index contributed by atoms with van der Waals surface area (Å²) in [7, 11) is 1.75. The summed E-state index contributed by atoms with van der Waals surface area (Å²) in [6.45, 7) is 19.6. The summed E-state index contributed by atoms with van der Waals surface area (Å²) in [6.07, 6.45) is 5.85. The maximum Gasteiger partial charge on any atom is 0.318 e. The fourth-order valence-corrected chi connectivity index (χ4v) is 7.10. The summed E-state index contributed by atoms with van der Waals surface area (Å²) in [5, 5.41) is 2.51. The van der Waals surface area contributed by atoms with Crippen molar-refractivity contribution in [1.29, 1.82) is 0 Å². The molecule has 2 aliphatic heterocycles. The number of hydrogen-bond acceptors (Lipinski definition) is 8. The maximum absolute atomic E-state index is 12.6. The van der Waals surface area contributed by atoms with E-state index in [4.69, 9.17) is 26.0 Å². The van der Waals surface area contributed by atoms with Crippen molar-refractivity contribution in [3.63, 3.8) is 0 Å². The molecule has 3 aromatic rings. The highest BCUT2D eigenvalue weighted by atomic mass is 16.5. The number of amides is 1. The van der Waals surface area contributed by atoms with E-state index in [0.717, 1.165) is 43.1 Å². The van der Waals surface area contributed by atoms with E-state index in [0.29, 0.717) is 51.4 Å². The molecule has 1 saturated carbocycles. The summed E-state index contributed by atoms with van der Waals surface area (Å²) < 4.78 is 11.7. The third-order valence-corrected chi connectivity index (χ3v) is 9.78. The van der Waals surface area contributed by atoms with Gasteiger partial charge in [-0.2, -0.15) is 9.97 Å². The van der Waals surface area contributed by atoms with Crippen LogP contribution in [0.2, 0.25) is 0 Å². The van der Waals surface area contributed by atoms with Gasteiger partial charge in [-0.15, -0.1) is 0 Å². The zero-order valence-electron chi connectivity index (χ0n) is 27.2. The molecule has 0 spiro atoms. The molecule has 10 nitrogen and oxygen atoms in total. The molecular weight excluding hydrogens is 578 g/mol. The van der Waals surface area contributed by atoms with Crippen LogP contribution < -0.4 is 14.5 Å². The molecule has 6 rings (SSSR count). The number of carbonyl (C=O) groups excluding carboxylic acids is 1. The number of aryl methyl sites for hydroxylation is 1. The van der Waals surface area contributed by atoms with E-state index in [1.165, 1.54) is 47.4 Å². The lowest BCUT2D eigenvalue weighted by atomic mass is 9.91. The summed E-state index contributed by atoms with van der Waals surface area (Å²) in [5.41, 5.74) is 4.57. The average Bonchev–Trinajstić information content (AvgIpc) is 3.05. The number of carbonyl (C=O) groups is 1. The lowest BCUT2D eigenvalue weighted by molar-refractivity contribution is -0.128. The van der Waals surface area contributed by atoms with Crippen LogP contribution in [0.1, 0.15) is 36.1 Å². The van der Waals surface area contributed by atoms with Crippen LogP contribution in [0.3, 0.4) is 0 Å². The largest absolute Gasteiger partial charge is 0.462 e. The van der Waals surface area contributed by atoms with Crippen molar-refractivity contribution in [3.8, 4) is 6.01 Å². The van der Waals surface area contributed by atoms with Gasteiger partial charge in [0.25, 0.3) is 0 Å². The van der Waals surface area contributed by atoms with Crippen LogP contribution in [0.15, 0.2) is 49.1 Å².